The summed E-state index contributed by atoms with van der Waals surface area (Å²) in [6.07, 6.45) is 4.24. The van der Waals surface area contributed by atoms with Crippen molar-refractivity contribution in [2.45, 2.75) is 57.8 Å². The number of fused-ring (bicyclic) bond motifs is 3. The third-order valence-corrected chi connectivity index (χ3v) is 8.45. The average Bonchev–Trinajstić information content (AvgIpc) is 3.32. The number of thioether (sulfide) groups is 1. The van der Waals surface area contributed by atoms with Crippen molar-refractivity contribution in [3.8, 4) is 0 Å². The molecule has 0 atom stereocenters. The Bertz CT molecular complexity index is 1220. The van der Waals surface area contributed by atoms with Gasteiger partial charge in [0.25, 0.3) is 5.56 Å². The summed E-state index contributed by atoms with van der Waals surface area (Å²) in [5.41, 5.74) is 3.87. The van der Waals surface area contributed by atoms with Crippen LogP contribution in [-0.4, -0.2) is 53.1 Å². The fourth-order valence-electron chi connectivity index (χ4n) is 4.53. The second kappa shape index (κ2) is 10.5. The Morgan fingerprint density at radius 3 is 2.55 bits per heavy atom. The van der Waals surface area contributed by atoms with Gasteiger partial charge < -0.3 is 14.0 Å². The molecule has 0 aliphatic heterocycles. The Morgan fingerprint density at radius 1 is 1.12 bits per heavy atom. The minimum atomic E-state index is -0.0101. The normalized spacial score (nSPS) is 13.6. The van der Waals surface area contributed by atoms with Crippen molar-refractivity contribution in [2.75, 3.05) is 33.2 Å². The summed E-state index contributed by atoms with van der Waals surface area (Å²) in [7, 11) is 3.30. The molecule has 1 aliphatic rings. The van der Waals surface area contributed by atoms with Gasteiger partial charge in [0.05, 0.1) is 30.9 Å². The first-order valence-electron chi connectivity index (χ1n) is 11.3. The summed E-state index contributed by atoms with van der Waals surface area (Å²) in [5.74, 6) is 0.264. The number of carbonyl (C=O) groups is 1. The van der Waals surface area contributed by atoms with Crippen molar-refractivity contribution < 1.29 is 14.3 Å². The maximum Gasteiger partial charge on any atom is 0.263 e. The van der Waals surface area contributed by atoms with E-state index < -0.39 is 0 Å². The van der Waals surface area contributed by atoms with Crippen LogP contribution in [0.2, 0.25) is 0 Å². The first-order valence-corrected chi connectivity index (χ1v) is 13.1. The molecule has 9 heteroatoms. The molecule has 0 spiro atoms. The molecule has 0 fully saturated rings. The van der Waals surface area contributed by atoms with E-state index in [1.165, 1.54) is 22.2 Å². The van der Waals surface area contributed by atoms with E-state index >= 15 is 0 Å². The van der Waals surface area contributed by atoms with Crippen molar-refractivity contribution in [3.63, 3.8) is 0 Å². The Hall–Kier alpha value is -1.94. The van der Waals surface area contributed by atoms with E-state index in [1.807, 2.05) is 19.9 Å². The number of ether oxygens (including phenoxy) is 2. The maximum absolute atomic E-state index is 13.5. The molecule has 0 saturated carbocycles. The number of hydrogen-bond donors (Lipinski definition) is 0. The number of thiophene rings is 1. The van der Waals surface area contributed by atoms with Crippen molar-refractivity contribution in [3.05, 3.63) is 43.8 Å². The molecule has 0 N–H and O–H groups in total. The minimum Gasteiger partial charge on any atom is -0.383 e. The molecule has 3 aromatic heterocycles. The van der Waals surface area contributed by atoms with Crippen LogP contribution >= 0.6 is 23.1 Å². The third kappa shape index (κ3) is 4.82. The van der Waals surface area contributed by atoms with Crippen LogP contribution in [0, 0.1) is 13.8 Å². The molecule has 33 heavy (non-hydrogen) atoms. The standard InChI is InChI=1S/C24H31N3O4S2/c1-15-13-18(16(2)26(15)9-11-30-3)19(28)14-32-24-25-22-21(23(29)27(24)10-12-31-4)17-7-5-6-8-20(17)33-22/h13H,5-12,14H2,1-4H3. The van der Waals surface area contributed by atoms with Gasteiger partial charge in [-0.25, -0.2) is 4.98 Å². The fourth-order valence-corrected chi connectivity index (χ4v) is 6.74. The molecule has 0 radical (unpaired) electrons. The molecule has 4 rings (SSSR count). The number of carbonyl (C=O) groups excluding carboxylic acids is 1. The lowest BCUT2D eigenvalue weighted by Gasteiger charge is -2.13. The van der Waals surface area contributed by atoms with E-state index in [-0.39, 0.29) is 17.1 Å². The van der Waals surface area contributed by atoms with Gasteiger partial charge in [-0.05, 0) is 51.2 Å². The van der Waals surface area contributed by atoms with Gasteiger partial charge in [0.15, 0.2) is 10.9 Å². The van der Waals surface area contributed by atoms with Crippen LogP contribution in [0.15, 0.2) is 16.0 Å². The lowest BCUT2D eigenvalue weighted by molar-refractivity contribution is 0.102. The molecule has 1 aliphatic carbocycles. The zero-order valence-corrected chi connectivity index (χ0v) is 21.4. The van der Waals surface area contributed by atoms with E-state index in [0.717, 1.165) is 52.9 Å². The minimum absolute atomic E-state index is 0.0101. The highest BCUT2D eigenvalue weighted by molar-refractivity contribution is 7.99. The predicted molar refractivity (Wildman–Crippen MR) is 133 cm³/mol. The molecule has 3 heterocycles. The Kier molecular flexibility index (Phi) is 7.73. The molecular formula is C24H31N3O4S2. The number of nitrogens with zero attached hydrogens (tertiary/aromatic N) is 3. The summed E-state index contributed by atoms with van der Waals surface area (Å²) >= 11 is 2.97. The van der Waals surface area contributed by atoms with Gasteiger partial charge in [-0.2, -0.15) is 0 Å². The quantitative estimate of drug-likeness (QED) is 0.243. The molecule has 0 unspecified atom stereocenters. The van der Waals surface area contributed by atoms with Gasteiger partial charge in [-0.3, -0.25) is 14.2 Å². The van der Waals surface area contributed by atoms with Crippen LogP contribution in [0.5, 0.6) is 0 Å². The third-order valence-electron chi connectivity index (χ3n) is 6.28. The highest BCUT2D eigenvalue weighted by Crippen LogP contribution is 2.34. The molecule has 0 amide bonds. The predicted octanol–water partition coefficient (Wildman–Crippen LogP) is 4.02. The van der Waals surface area contributed by atoms with E-state index in [1.54, 1.807) is 30.1 Å². The molecule has 0 saturated heterocycles. The van der Waals surface area contributed by atoms with Crippen molar-refractivity contribution in [1.82, 2.24) is 14.1 Å². The van der Waals surface area contributed by atoms with Crippen LogP contribution in [-0.2, 0) is 35.4 Å². The monoisotopic (exact) mass is 489 g/mol. The van der Waals surface area contributed by atoms with Gasteiger partial charge in [-0.15, -0.1) is 11.3 Å². The highest BCUT2D eigenvalue weighted by atomic mass is 32.2. The lowest BCUT2D eigenvalue weighted by atomic mass is 9.97. The molecule has 3 aromatic rings. The number of aryl methyl sites for hydroxylation is 3. The SMILES string of the molecule is COCCn1c(C)cc(C(=O)CSc2nc3sc4c(c3c(=O)n2CCOC)CCCC4)c1C. The van der Waals surface area contributed by atoms with E-state index in [4.69, 9.17) is 14.5 Å². The van der Waals surface area contributed by atoms with Gasteiger partial charge in [0, 0.05) is 42.6 Å². The number of ketones is 1. The van der Waals surface area contributed by atoms with Crippen LogP contribution in [0.1, 0.15) is 45.0 Å². The van der Waals surface area contributed by atoms with E-state index in [2.05, 4.69) is 4.57 Å². The van der Waals surface area contributed by atoms with Crippen molar-refractivity contribution in [1.29, 1.82) is 0 Å². The number of methoxy groups -OCH3 is 2. The molecule has 0 aromatic carbocycles. The van der Waals surface area contributed by atoms with Crippen molar-refractivity contribution >= 4 is 39.1 Å². The highest BCUT2D eigenvalue weighted by Gasteiger charge is 2.23. The smallest absolute Gasteiger partial charge is 0.263 e. The average molecular weight is 490 g/mol. The zero-order valence-electron chi connectivity index (χ0n) is 19.7. The Balaban J connectivity index is 1.63. The molecule has 178 valence electrons. The fraction of sp³-hybridized carbons (Fsp3) is 0.542. The summed E-state index contributed by atoms with van der Waals surface area (Å²) < 4.78 is 14.2. The second-order valence-electron chi connectivity index (χ2n) is 8.38. The van der Waals surface area contributed by atoms with Gasteiger partial charge in [0.1, 0.15) is 4.83 Å². The lowest BCUT2D eigenvalue weighted by Crippen LogP contribution is -2.26. The summed E-state index contributed by atoms with van der Waals surface area (Å²) in [5, 5.41) is 1.35. The molecule has 0 bridgehead atoms. The zero-order chi connectivity index (χ0) is 23.5. The summed E-state index contributed by atoms with van der Waals surface area (Å²) in [6, 6.07) is 1.94. The first kappa shape index (κ1) is 24.2. The first-order chi connectivity index (χ1) is 16.0. The number of Topliss-reactive ketones (excluding diaryl/α,β-unsaturated/α-hetero) is 1. The van der Waals surface area contributed by atoms with Crippen LogP contribution in [0.25, 0.3) is 10.2 Å². The van der Waals surface area contributed by atoms with E-state index in [9.17, 15) is 9.59 Å². The molecular weight excluding hydrogens is 458 g/mol. The summed E-state index contributed by atoms with van der Waals surface area (Å²) in [4.78, 5) is 33.5. The van der Waals surface area contributed by atoms with Gasteiger partial charge >= 0.3 is 0 Å². The van der Waals surface area contributed by atoms with Gasteiger partial charge in [-0.1, -0.05) is 11.8 Å². The van der Waals surface area contributed by atoms with Crippen LogP contribution in [0.3, 0.4) is 0 Å². The Morgan fingerprint density at radius 2 is 1.82 bits per heavy atom. The molecule has 7 nitrogen and oxygen atoms in total. The number of hydrogen-bond acceptors (Lipinski definition) is 7. The summed E-state index contributed by atoms with van der Waals surface area (Å²) in [6.45, 7) is 6.12. The van der Waals surface area contributed by atoms with Crippen molar-refractivity contribution in [2.24, 2.45) is 0 Å². The maximum atomic E-state index is 13.5. The largest absolute Gasteiger partial charge is 0.383 e. The number of aromatic nitrogens is 3. The van der Waals surface area contributed by atoms with Gasteiger partial charge in [0.2, 0.25) is 0 Å². The Labute approximate surface area is 202 Å². The van der Waals surface area contributed by atoms with Crippen LogP contribution in [0.4, 0.5) is 0 Å². The second-order valence-corrected chi connectivity index (χ2v) is 10.4. The number of rotatable bonds is 10. The topological polar surface area (TPSA) is 75.4 Å². The van der Waals surface area contributed by atoms with Crippen LogP contribution < -0.4 is 5.56 Å². The van der Waals surface area contributed by atoms with E-state index in [0.29, 0.717) is 31.5 Å².